The van der Waals surface area contributed by atoms with Crippen LogP contribution < -0.4 is 0 Å². The predicted octanol–water partition coefficient (Wildman–Crippen LogP) is 3.35. The number of hydrogen-bond donors (Lipinski definition) is 0. The molecule has 0 radical (unpaired) electrons. The summed E-state index contributed by atoms with van der Waals surface area (Å²) in [7, 11) is 0. The highest BCUT2D eigenvalue weighted by Gasteiger charge is 2.45. The summed E-state index contributed by atoms with van der Waals surface area (Å²) in [5.74, 6) is 1.37. The van der Waals surface area contributed by atoms with Crippen molar-refractivity contribution in [2.24, 2.45) is 11.3 Å². The summed E-state index contributed by atoms with van der Waals surface area (Å²) < 4.78 is 0. The van der Waals surface area contributed by atoms with Crippen LogP contribution in [0.25, 0.3) is 0 Å². The van der Waals surface area contributed by atoms with Crippen molar-refractivity contribution in [3.05, 3.63) is 13.2 Å². The van der Waals surface area contributed by atoms with E-state index in [9.17, 15) is 4.79 Å². The van der Waals surface area contributed by atoms with E-state index in [0.717, 1.165) is 18.8 Å². The fraction of sp³-hybridized carbons (Fsp3) is 0.750. The summed E-state index contributed by atoms with van der Waals surface area (Å²) in [4.78, 5) is 11.0. The molecule has 2 saturated carbocycles. The van der Waals surface area contributed by atoms with Gasteiger partial charge in [-0.2, -0.15) is 0 Å². The van der Waals surface area contributed by atoms with E-state index < -0.39 is 0 Å². The van der Waals surface area contributed by atoms with Gasteiger partial charge in [-0.05, 0) is 37.0 Å². The standard InChI is InChI=1S/C10H16O.C2H4/c1-10(6-7-10)8-2-4-9(11)5-3-8;1-2/h8H,2-7H2,1H3;1-2H2. The Bertz CT molecular complexity index is 181. The van der Waals surface area contributed by atoms with Gasteiger partial charge in [-0.3, -0.25) is 4.79 Å². The smallest absolute Gasteiger partial charge is 0.132 e. The van der Waals surface area contributed by atoms with Gasteiger partial charge in [0.05, 0.1) is 0 Å². The van der Waals surface area contributed by atoms with Gasteiger partial charge in [-0.25, -0.2) is 0 Å². The first kappa shape index (κ1) is 10.5. The molecule has 0 aromatic heterocycles. The SMILES string of the molecule is C=C.CC1(C2CCC(=O)CC2)CC1. The average Bonchev–Trinajstić information content (AvgIpc) is 2.89. The van der Waals surface area contributed by atoms with E-state index in [1.54, 1.807) is 0 Å². The highest BCUT2D eigenvalue weighted by molar-refractivity contribution is 5.79. The molecule has 2 aliphatic carbocycles. The van der Waals surface area contributed by atoms with Crippen LogP contribution in [0.3, 0.4) is 0 Å². The summed E-state index contributed by atoms with van der Waals surface area (Å²) in [6.45, 7) is 8.38. The van der Waals surface area contributed by atoms with Gasteiger partial charge in [0.1, 0.15) is 5.78 Å². The largest absolute Gasteiger partial charge is 0.300 e. The first-order valence-corrected chi connectivity index (χ1v) is 5.22. The number of carbonyl (C=O) groups excluding carboxylic acids is 1. The minimum atomic E-state index is 0.491. The van der Waals surface area contributed by atoms with Gasteiger partial charge < -0.3 is 0 Å². The second-order valence-corrected chi connectivity index (χ2v) is 4.47. The lowest BCUT2D eigenvalue weighted by atomic mass is 9.78. The van der Waals surface area contributed by atoms with Crippen molar-refractivity contribution in [2.45, 2.75) is 45.4 Å². The average molecular weight is 180 g/mol. The molecule has 1 nitrogen and oxygen atoms in total. The normalized spacial score (nSPS) is 26.1. The molecule has 0 N–H and O–H groups in total. The van der Waals surface area contributed by atoms with Gasteiger partial charge in [-0.1, -0.05) is 6.92 Å². The lowest BCUT2D eigenvalue weighted by Crippen LogP contribution is -2.20. The molecule has 0 saturated heterocycles. The number of ketones is 1. The third-order valence-corrected chi connectivity index (χ3v) is 3.57. The lowest BCUT2D eigenvalue weighted by molar-refractivity contribution is -0.121. The van der Waals surface area contributed by atoms with Gasteiger partial charge in [-0.15, -0.1) is 13.2 Å². The molecule has 0 bridgehead atoms. The van der Waals surface area contributed by atoms with Gasteiger partial charge >= 0.3 is 0 Å². The van der Waals surface area contributed by atoms with Crippen LogP contribution in [0, 0.1) is 11.3 Å². The maximum absolute atomic E-state index is 11.0. The Morgan fingerprint density at radius 1 is 1.23 bits per heavy atom. The first-order chi connectivity index (χ1) is 6.21. The monoisotopic (exact) mass is 180 g/mol. The fourth-order valence-corrected chi connectivity index (χ4v) is 2.24. The van der Waals surface area contributed by atoms with Crippen molar-refractivity contribution in [1.82, 2.24) is 0 Å². The zero-order valence-electron chi connectivity index (χ0n) is 8.64. The number of hydrogen-bond acceptors (Lipinski definition) is 1. The van der Waals surface area contributed by atoms with Crippen molar-refractivity contribution in [2.75, 3.05) is 0 Å². The minimum absolute atomic E-state index is 0.491. The quantitative estimate of drug-likeness (QED) is 0.565. The third kappa shape index (κ3) is 2.43. The highest BCUT2D eigenvalue weighted by atomic mass is 16.1. The van der Waals surface area contributed by atoms with Gasteiger partial charge in [0.2, 0.25) is 0 Å². The highest BCUT2D eigenvalue weighted by Crippen LogP contribution is 2.55. The molecule has 0 amide bonds. The Balaban J connectivity index is 0.000000396. The molecule has 0 aromatic carbocycles. The molecule has 0 heterocycles. The van der Waals surface area contributed by atoms with E-state index in [-0.39, 0.29) is 0 Å². The summed E-state index contributed by atoms with van der Waals surface area (Å²) in [5.41, 5.74) is 0.653. The van der Waals surface area contributed by atoms with Crippen molar-refractivity contribution >= 4 is 5.78 Å². The van der Waals surface area contributed by atoms with E-state index in [2.05, 4.69) is 20.1 Å². The van der Waals surface area contributed by atoms with Crippen molar-refractivity contribution in [3.8, 4) is 0 Å². The predicted molar refractivity (Wildman–Crippen MR) is 55.6 cm³/mol. The van der Waals surface area contributed by atoms with E-state index in [0.29, 0.717) is 11.2 Å². The van der Waals surface area contributed by atoms with Crippen LogP contribution in [0.15, 0.2) is 13.2 Å². The summed E-state index contributed by atoms with van der Waals surface area (Å²) in [6.07, 6.45) is 6.89. The molecular formula is C12H20O. The van der Waals surface area contributed by atoms with Crippen molar-refractivity contribution in [1.29, 1.82) is 0 Å². The van der Waals surface area contributed by atoms with Crippen LogP contribution in [-0.2, 0) is 4.79 Å². The molecule has 0 atom stereocenters. The summed E-state index contributed by atoms with van der Waals surface area (Å²) in [6, 6.07) is 0. The zero-order chi connectivity index (χ0) is 9.90. The molecular weight excluding hydrogens is 160 g/mol. The minimum Gasteiger partial charge on any atom is -0.300 e. The van der Waals surface area contributed by atoms with Gasteiger partial charge in [0.25, 0.3) is 0 Å². The lowest BCUT2D eigenvalue weighted by Gasteiger charge is -2.26. The second-order valence-electron chi connectivity index (χ2n) is 4.47. The van der Waals surface area contributed by atoms with Crippen LogP contribution >= 0.6 is 0 Å². The summed E-state index contributed by atoms with van der Waals surface area (Å²) >= 11 is 0. The number of carbonyl (C=O) groups is 1. The molecule has 13 heavy (non-hydrogen) atoms. The van der Waals surface area contributed by atoms with E-state index in [1.807, 2.05) is 0 Å². The molecule has 0 unspecified atom stereocenters. The Kier molecular flexibility index (Phi) is 3.29. The second kappa shape index (κ2) is 4.08. The topological polar surface area (TPSA) is 17.1 Å². The maximum atomic E-state index is 11.0. The molecule has 2 fully saturated rings. The van der Waals surface area contributed by atoms with Crippen LogP contribution in [0.2, 0.25) is 0 Å². The number of rotatable bonds is 1. The van der Waals surface area contributed by atoms with E-state index in [1.165, 1.54) is 25.7 Å². The molecule has 1 heteroatoms. The number of Topliss-reactive ketones (excluding diaryl/α,β-unsaturated/α-hetero) is 1. The maximum Gasteiger partial charge on any atom is 0.132 e. The van der Waals surface area contributed by atoms with Crippen molar-refractivity contribution in [3.63, 3.8) is 0 Å². The first-order valence-electron chi connectivity index (χ1n) is 5.22. The van der Waals surface area contributed by atoms with Crippen molar-refractivity contribution < 1.29 is 4.79 Å². The molecule has 2 aliphatic rings. The zero-order valence-corrected chi connectivity index (χ0v) is 8.64. The fourth-order valence-electron chi connectivity index (χ4n) is 2.24. The third-order valence-electron chi connectivity index (χ3n) is 3.57. The Labute approximate surface area is 81.2 Å². The molecule has 0 aromatic rings. The summed E-state index contributed by atoms with van der Waals surface area (Å²) in [5, 5.41) is 0. The van der Waals surface area contributed by atoms with Crippen LogP contribution in [0.5, 0.6) is 0 Å². The Hall–Kier alpha value is -0.590. The van der Waals surface area contributed by atoms with Crippen LogP contribution in [-0.4, -0.2) is 5.78 Å². The van der Waals surface area contributed by atoms with E-state index in [4.69, 9.17) is 0 Å². The Morgan fingerprint density at radius 2 is 1.69 bits per heavy atom. The molecule has 0 aliphatic heterocycles. The molecule has 74 valence electrons. The van der Waals surface area contributed by atoms with Crippen LogP contribution in [0.1, 0.15) is 45.4 Å². The Morgan fingerprint density at radius 3 is 2.08 bits per heavy atom. The van der Waals surface area contributed by atoms with Gasteiger partial charge in [0.15, 0.2) is 0 Å². The van der Waals surface area contributed by atoms with Crippen LogP contribution in [0.4, 0.5) is 0 Å². The molecule has 2 rings (SSSR count). The van der Waals surface area contributed by atoms with E-state index >= 15 is 0 Å². The van der Waals surface area contributed by atoms with Gasteiger partial charge in [0, 0.05) is 12.8 Å². The molecule has 0 spiro atoms.